The molecule has 2 rings (SSSR count). The molecule has 1 aromatic carbocycles. The molecule has 1 atom stereocenters. The molecule has 20 heavy (non-hydrogen) atoms. The third kappa shape index (κ3) is 3.31. The van der Waals surface area contributed by atoms with Crippen LogP contribution in [0.3, 0.4) is 0 Å². The second kappa shape index (κ2) is 6.75. The van der Waals surface area contributed by atoms with E-state index in [4.69, 9.17) is 4.74 Å². The van der Waals surface area contributed by atoms with Crippen LogP contribution in [0, 0.1) is 0 Å². The first-order valence-corrected chi connectivity index (χ1v) is 7.31. The third-order valence-corrected chi connectivity index (χ3v) is 3.75. The van der Waals surface area contributed by atoms with Crippen molar-refractivity contribution in [2.24, 2.45) is 0 Å². The summed E-state index contributed by atoms with van der Waals surface area (Å²) in [6.45, 7) is 3.55. The number of carbonyl (C=O) groups excluding carboxylic acids is 1. The zero-order chi connectivity index (χ0) is 14.5. The van der Waals surface area contributed by atoms with Gasteiger partial charge in [0.05, 0.1) is 13.0 Å². The minimum atomic E-state index is 0.100. The molecular formula is C16H24N2O2. The number of amides is 1. The Morgan fingerprint density at radius 3 is 2.95 bits per heavy atom. The van der Waals surface area contributed by atoms with Crippen LogP contribution in [0.5, 0.6) is 5.75 Å². The van der Waals surface area contributed by atoms with Crippen molar-refractivity contribution >= 4 is 5.91 Å². The molecule has 1 aromatic rings. The Balaban J connectivity index is 1.98. The molecule has 0 radical (unpaired) electrons. The largest absolute Gasteiger partial charge is 0.493 e. The number of benzene rings is 1. The maximum absolute atomic E-state index is 11.5. The summed E-state index contributed by atoms with van der Waals surface area (Å²) in [5.41, 5.74) is 2.65. The van der Waals surface area contributed by atoms with Crippen LogP contribution in [-0.4, -0.2) is 38.1 Å². The molecule has 0 saturated carbocycles. The monoisotopic (exact) mass is 276 g/mol. The van der Waals surface area contributed by atoms with Gasteiger partial charge in [0.2, 0.25) is 5.91 Å². The van der Waals surface area contributed by atoms with Gasteiger partial charge in [-0.05, 0) is 36.6 Å². The molecule has 1 aliphatic carbocycles. The smallest absolute Gasteiger partial charge is 0.225 e. The molecule has 0 saturated heterocycles. The molecule has 1 unspecified atom stereocenters. The highest BCUT2D eigenvalue weighted by Gasteiger charge is 2.24. The van der Waals surface area contributed by atoms with Gasteiger partial charge in [0, 0.05) is 20.1 Å². The lowest BCUT2D eigenvalue weighted by atomic mass is 10.1. The highest BCUT2D eigenvalue weighted by Crippen LogP contribution is 2.36. The number of nitrogens with zero attached hydrogens (tertiary/aromatic N) is 1. The average molecular weight is 276 g/mol. The normalized spacial score (nSPS) is 16.9. The Hall–Kier alpha value is -1.55. The van der Waals surface area contributed by atoms with E-state index in [-0.39, 0.29) is 5.91 Å². The van der Waals surface area contributed by atoms with Crippen molar-refractivity contribution in [2.75, 3.05) is 27.2 Å². The molecule has 0 spiro atoms. The van der Waals surface area contributed by atoms with Crippen molar-refractivity contribution < 1.29 is 9.53 Å². The molecule has 0 heterocycles. The fourth-order valence-electron chi connectivity index (χ4n) is 2.69. The highest BCUT2D eigenvalue weighted by atomic mass is 16.5. The van der Waals surface area contributed by atoms with Crippen LogP contribution in [0.1, 0.15) is 36.9 Å². The van der Waals surface area contributed by atoms with Crippen LogP contribution >= 0.6 is 0 Å². The molecule has 0 bridgehead atoms. The maximum atomic E-state index is 11.5. The fourth-order valence-corrected chi connectivity index (χ4v) is 2.69. The topological polar surface area (TPSA) is 41.6 Å². The molecular weight excluding hydrogens is 252 g/mol. The first kappa shape index (κ1) is 14.9. The summed E-state index contributed by atoms with van der Waals surface area (Å²) in [7, 11) is 3.53. The van der Waals surface area contributed by atoms with Gasteiger partial charge >= 0.3 is 0 Å². The van der Waals surface area contributed by atoms with E-state index in [9.17, 15) is 4.79 Å². The summed E-state index contributed by atoms with van der Waals surface area (Å²) >= 11 is 0. The van der Waals surface area contributed by atoms with Gasteiger partial charge in [0.25, 0.3) is 0 Å². The average Bonchev–Trinajstić information content (AvgIpc) is 2.83. The third-order valence-electron chi connectivity index (χ3n) is 3.75. The van der Waals surface area contributed by atoms with Gasteiger partial charge in [0.15, 0.2) is 0 Å². The van der Waals surface area contributed by atoms with E-state index in [1.807, 2.05) is 12.1 Å². The molecule has 4 heteroatoms. The van der Waals surface area contributed by atoms with Gasteiger partial charge in [-0.3, -0.25) is 4.79 Å². The van der Waals surface area contributed by atoms with E-state index in [1.165, 1.54) is 11.1 Å². The quantitative estimate of drug-likeness (QED) is 0.865. The lowest BCUT2D eigenvalue weighted by molar-refractivity contribution is -0.129. The minimum absolute atomic E-state index is 0.100. The number of hydrogen-bond donors (Lipinski definition) is 1. The number of carbonyl (C=O) groups is 1. The van der Waals surface area contributed by atoms with Crippen LogP contribution in [-0.2, 0) is 11.2 Å². The molecule has 110 valence electrons. The Morgan fingerprint density at radius 2 is 2.25 bits per heavy atom. The molecule has 0 aliphatic heterocycles. The van der Waals surface area contributed by atoms with Crippen molar-refractivity contribution in [3.05, 3.63) is 29.3 Å². The van der Waals surface area contributed by atoms with E-state index in [2.05, 4.69) is 18.3 Å². The SMILES string of the molecule is CCNC1CCc2c(OCCC(=O)N(C)C)cccc21. The standard InChI is InChI=1S/C16H24N2O2/c1-4-17-14-9-8-13-12(14)6-5-7-15(13)20-11-10-16(19)18(2)3/h5-7,14,17H,4,8-11H2,1-3H3. The van der Waals surface area contributed by atoms with Crippen LogP contribution in [0.4, 0.5) is 0 Å². The Bertz CT molecular complexity index is 472. The molecule has 0 aromatic heterocycles. The second-order valence-electron chi connectivity index (χ2n) is 5.36. The van der Waals surface area contributed by atoms with Crippen LogP contribution in [0.15, 0.2) is 18.2 Å². The Morgan fingerprint density at radius 1 is 1.45 bits per heavy atom. The summed E-state index contributed by atoms with van der Waals surface area (Å²) in [6, 6.07) is 6.67. The van der Waals surface area contributed by atoms with Gasteiger partial charge < -0.3 is 15.0 Å². The zero-order valence-electron chi connectivity index (χ0n) is 12.6. The number of hydrogen-bond acceptors (Lipinski definition) is 3. The van der Waals surface area contributed by atoms with E-state index < -0.39 is 0 Å². The lowest BCUT2D eigenvalue weighted by Crippen LogP contribution is -2.23. The summed E-state index contributed by atoms with van der Waals surface area (Å²) in [6.07, 6.45) is 2.60. The Kier molecular flexibility index (Phi) is 5.01. The molecule has 1 N–H and O–H groups in total. The van der Waals surface area contributed by atoms with Crippen LogP contribution in [0.25, 0.3) is 0 Å². The molecule has 0 fully saturated rings. The zero-order valence-corrected chi connectivity index (χ0v) is 12.6. The van der Waals surface area contributed by atoms with Crippen LogP contribution < -0.4 is 10.1 Å². The van der Waals surface area contributed by atoms with Gasteiger partial charge in [-0.25, -0.2) is 0 Å². The maximum Gasteiger partial charge on any atom is 0.225 e. The molecule has 4 nitrogen and oxygen atoms in total. The van der Waals surface area contributed by atoms with Gasteiger partial charge in [-0.2, -0.15) is 0 Å². The van der Waals surface area contributed by atoms with Crippen molar-refractivity contribution in [3.63, 3.8) is 0 Å². The van der Waals surface area contributed by atoms with Gasteiger partial charge in [-0.1, -0.05) is 19.1 Å². The molecule has 1 aliphatic rings. The number of ether oxygens (including phenoxy) is 1. The Labute approximate surface area is 121 Å². The predicted octanol–water partition coefficient (Wildman–Crippen LogP) is 2.14. The fraction of sp³-hybridized carbons (Fsp3) is 0.562. The summed E-state index contributed by atoms with van der Waals surface area (Å²) in [5.74, 6) is 1.04. The van der Waals surface area contributed by atoms with Crippen LogP contribution in [0.2, 0.25) is 0 Å². The summed E-state index contributed by atoms with van der Waals surface area (Å²) in [4.78, 5) is 13.1. The van der Waals surface area contributed by atoms with Crippen molar-refractivity contribution in [1.82, 2.24) is 10.2 Å². The first-order valence-electron chi connectivity index (χ1n) is 7.31. The summed E-state index contributed by atoms with van der Waals surface area (Å²) in [5, 5.41) is 3.50. The predicted molar refractivity (Wildman–Crippen MR) is 80.0 cm³/mol. The van der Waals surface area contributed by atoms with E-state index in [0.29, 0.717) is 19.1 Å². The van der Waals surface area contributed by atoms with E-state index in [0.717, 1.165) is 25.1 Å². The second-order valence-corrected chi connectivity index (χ2v) is 5.36. The van der Waals surface area contributed by atoms with Crippen molar-refractivity contribution in [3.8, 4) is 5.75 Å². The number of nitrogens with one attached hydrogen (secondary N) is 1. The van der Waals surface area contributed by atoms with Gasteiger partial charge in [-0.15, -0.1) is 0 Å². The number of rotatable bonds is 6. The highest BCUT2D eigenvalue weighted by molar-refractivity contribution is 5.75. The van der Waals surface area contributed by atoms with E-state index in [1.54, 1.807) is 19.0 Å². The van der Waals surface area contributed by atoms with E-state index >= 15 is 0 Å². The summed E-state index contributed by atoms with van der Waals surface area (Å²) < 4.78 is 5.82. The number of fused-ring (bicyclic) bond motifs is 1. The minimum Gasteiger partial charge on any atom is -0.493 e. The van der Waals surface area contributed by atoms with Crippen molar-refractivity contribution in [1.29, 1.82) is 0 Å². The lowest BCUT2D eigenvalue weighted by Gasteiger charge is -2.15. The molecule has 1 amide bonds. The van der Waals surface area contributed by atoms with Crippen molar-refractivity contribution in [2.45, 2.75) is 32.2 Å². The first-order chi connectivity index (χ1) is 9.63. The van der Waals surface area contributed by atoms with Gasteiger partial charge in [0.1, 0.15) is 5.75 Å².